The van der Waals surface area contributed by atoms with E-state index in [2.05, 4.69) is 24.4 Å². The largest absolute Gasteiger partial charge is 0.341 e. The Kier molecular flexibility index (Phi) is 5.90. The van der Waals surface area contributed by atoms with Crippen LogP contribution in [0, 0.1) is 0 Å². The van der Waals surface area contributed by atoms with Crippen molar-refractivity contribution in [3.05, 3.63) is 41.2 Å². The number of piperidine rings is 1. The number of nitrogens with zero attached hydrogens (tertiary/aromatic N) is 3. The minimum Gasteiger partial charge on any atom is -0.341 e. The van der Waals surface area contributed by atoms with Crippen molar-refractivity contribution in [3.63, 3.8) is 0 Å². The summed E-state index contributed by atoms with van der Waals surface area (Å²) in [5.74, 6) is 0.0459. The standard InChI is InChI=1S/C23H28N4O2S/c1-3-16-9-8-10-18-17(13-19-22(29)27(4-2)23(30)24-19)14-26(21(16)18)15-20(28)25-11-6-5-7-12-25/h8-10,13-14H,3-7,11-12,15H2,1-2H3,(H,24,30). The maximum Gasteiger partial charge on any atom is 0.276 e. The van der Waals surface area contributed by atoms with Crippen LogP contribution < -0.4 is 5.32 Å². The summed E-state index contributed by atoms with van der Waals surface area (Å²) in [5.41, 5.74) is 3.66. The Labute approximate surface area is 182 Å². The molecular formula is C23H28N4O2S. The van der Waals surface area contributed by atoms with Gasteiger partial charge in [-0.05, 0) is 56.5 Å². The van der Waals surface area contributed by atoms with Crippen LogP contribution in [-0.4, -0.2) is 50.9 Å². The molecule has 2 saturated heterocycles. The van der Waals surface area contributed by atoms with E-state index in [1.54, 1.807) is 4.90 Å². The Hall–Kier alpha value is -2.67. The number of fused-ring (bicyclic) bond motifs is 1. The molecule has 0 bridgehead atoms. The highest BCUT2D eigenvalue weighted by Crippen LogP contribution is 2.28. The van der Waals surface area contributed by atoms with Crippen LogP contribution in [0.4, 0.5) is 0 Å². The number of likely N-dealkylation sites (tertiary alicyclic amines) is 1. The molecule has 0 unspecified atom stereocenters. The lowest BCUT2D eigenvalue weighted by Gasteiger charge is -2.27. The van der Waals surface area contributed by atoms with E-state index in [-0.39, 0.29) is 11.8 Å². The molecule has 1 N–H and O–H groups in total. The van der Waals surface area contributed by atoms with Crippen molar-refractivity contribution in [2.75, 3.05) is 19.6 Å². The first kappa shape index (κ1) is 20.6. The summed E-state index contributed by atoms with van der Waals surface area (Å²) in [6, 6.07) is 6.19. The Morgan fingerprint density at radius 3 is 2.63 bits per heavy atom. The molecule has 158 valence electrons. The molecule has 7 heteroatoms. The molecule has 0 spiro atoms. The van der Waals surface area contributed by atoms with Gasteiger partial charge in [0.05, 0.1) is 5.52 Å². The molecule has 0 saturated carbocycles. The molecule has 2 aromatic rings. The quantitative estimate of drug-likeness (QED) is 0.591. The first-order valence-corrected chi connectivity index (χ1v) is 11.2. The zero-order valence-electron chi connectivity index (χ0n) is 17.6. The predicted octanol–water partition coefficient (Wildman–Crippen LogP) is 3.29. The van der Waals surface area contributed by atoms with Crippen LogP contribution in [-0.2, 0) is 22.6 Å². The maximum atomic E-state index is 12.9. The number of aryl methyl sites for hydroxylation is 1. The predicted molar refractivity (Wildman–Crippen MR) is 123 cm³/mol. The van der Waals surface area contributed by atoms with Gasteiger partial charge in [0.25, 0.3) is 5.91 Å². The van der Waals surface area contributed by atoms with Crippen LogP contribution in [0.25, 0.3) is 17.0 Å². The van der Waals surface area contributed by atoms with Gasteiger partial charge in [0.2, 0.25) is 5.91 Å². The van der Waals surface area contributed by atoms with Gasteiger partial charge in [0.15, 0.2) is 5.11 Å². The number of carbonyl (C=O) groups excluding carboxylic acids is 2. The van der Waals surface area contributed by atoms with E-state index < -0.39 is 0 Å². The van der Waals surface area contributed by atoms with Crippen molar-refractivity contribution in [1.82, 2.24) is 19.7 Å². The molecule has 2 fully saturated rings. The Morgan fingerprint density at radius 2 is 1.97 bits per heavy atom. The molecule has 2 aliphatic rings. The molecular weight excluding hydrogens is 396 g/mol. The number of hydrogen-bond donors (Lipinski definition) is 1. The summed E-state index contributed by atoms with van der Waals surface area (Å²) in [6.45, 7) is 6.57. The molecule has 0 atom stereocenters. The Bertz CT molecular complexity index is 1030. The summed E-state index contributed by atoms with van der Waals surface area (Å²) >= 11 is 5.28. The van der Waals surface area contributed by atoms with Gasteiger partial charge in [0, 0.05) is 36.8 Å². The lowest BCUT2D eigenvalue weighted by atomic mass is 10.1. The molecule has 0 aliphatic carbocycles. The summed E-state index contributed by atoms with van der Waals surface area (Å²) < 4.78 is 2.05. The molecule has 30 heavy (non-hydrogen) atoms. The van der Waals surface area contributed by atoms with Crippen LogP contribution >= 0.6 is 12.2 Å². The van der Waals surface area contributed by atoms with Crippen LogP contribution in [0.15, 0.2) is 30.1 Å². The minimum atomic E-state index is -0.112. The van der Waals surface area contributed by atoms with Gasteiger partial charge in [-0.2, -0.15) is 0 Å². The van der Waals surface area contributed by atoms with Gasteiger partial charge in [-0.15, -0.1) is 0 Å². The number of carbonyl (C=O) groups is 2. The van der Waals surface area contributed by atoms with Gasteiger partial charge in [-0.1, -0.05) is 25.1 Å². The number of benzene rings is 1. The second kappa shape index (κ2) is 8.60. The van der Waals surface area contributed by atoms with Crippen molar-refractivity contribution in [2.24, 2.45) is 0 Å². The van der Waals surface area contributed by atoms with Crippen molar-refractivity contribution >= 4 is 46.1 Å². The molecule has 0 radical (unpaired) electrons. The lowest BCUT2D eigenvalue weighted by Crippen LogP contribution is -2.37. The van der Waals surface area contributed by atoms with E-state index in [9.17, 15) is 9.59 Å². The topological polar surface area (TPSA) is 57.6 Å². The Morgan fingerprint density at radius 1 is 1.20 bits per heavy atom. The first-order chi connectivity index (χ1) is 14.5. The highest BCUT2D eigenvalue weighted by molar-refractivity contribution is 7.80. The smallest absolute Gasteiger partial charge is 0.276 e. The van der Waals surface area contributed by atoms with E-state index in [1.807, 2.05) is 34.7 Å². The van der Waals surface area contributed by atoms with Gasteiger partial charge in [-0.25, -0.2) is 0 Å². The average molecular weight is 425 g/mol. The number of thiocarbonyl (C=S) groups is 1. The van der Waals surface area contributed by atoms with Crippen molar-refractivity contribution in [2.45, 2.75) is 46.1 Å². The van der Waals surface area contributed by atoms with Gasteiger partial charge >= 0.3 is 0 Å². The summed E-state index contributed by atoms with van der Waals surface area (Å²) in [5, 5.41) is 4.51. The number of hydrogen-bond acceptors (Lipinski definition) is 3. The fourth-order valence-corrected chi connectivity index (χ4v) is 4.72. The van der Waals surface area contributed by atoms with Crippen LogP contribution in [0.3, 0.4) is 0 Å². The molecule has 2 aliphatic heterocycles. The summed E-state index contributed by atoms with van der Waals surface area (Å²) in [7, 11) is 0. The third-order valence-electron chi connectivity index (χ3n) is 5.99. The third-order valence-corrected chi connectivity index (χ3v) is 6.31. The molecule has 3 heterocycles. The fourth-order valence-electron chi connectivity index (χ4n) is 4.39. The first-order valence-electron chi connectivity index (χ1n) is 10.8. The second-order valence-corrected chi connectivity index (χ2v) is 8.24. The second-order valence-electron chi connectivity index (χ2n) is 7.86. The van der Waals surface area contributed by atoms with E-state index >= 15 is 0 Å². The van der Waals surface area contributed by atoms with Crippen LogP contribution in [0.5, 0.6) is 0 Å². The number of rotatable bonds is 5. The number of amides is 2. The van der Waals surface area contributed by atoms with Crippen molar-refractivity contribution in [1.29, 1.82) is 0 Å². The van der Waals surface area contributed by atoms with E-state index in [4.69, 9.17) is 12.2 Å². The number of aromatic nitrogens is 1. The van der Waals surface area contributed by atoms with E-state index in [0.717, 1.165) is 48.8 Å². The van der Waals surface area contributed by atoms with E-state index in [0.29, 0.717) is 23.9 Å². The number of nitrogens with one attached hydrogen (secondary N) is 1. The van der Waals surface area contributed by atoms with Crippen LogP contribution in [0.2, 0.25) is 0 Å². The monoisotopic (exact) mass is 424 g/mol. The summed E-state index contributed by atoms with van der Waals surface area (Å²) in [4.78, 5) is 29.1. The molecule has 6 nitrogen and oxygen atoms in total. The molecule has 4 rings (SSSR count). The third kappa shape index (κ3) is 3.74. The maximum absolute atomic E-state index is 12.9. The average Bonchev–Trinajstić information content (AvgIpc) is 3.24. The highest BCUT2D eigenvalue weighted by Gasteiger charge is 2.29. The van der Waals surface area contributed by atoms with E-state index in [1.165, 1.54) is 12.0 Å². The molecule has 1 aromatic heterocycles. The van der Waals surface area contributed by atoms with Crippen molar-refractivity contribution < 1.29 is 9.59 Å². The molecule has 2 amide bonds. The molecule has 1 aromatic carbocycles. The SMILES string of the molecule is CCc1cccc2c(C=C3NC(=S)N(CC)C3=O)cn(CC(=O)N3CCCCC3)c12. The van der Waals surface area contributed by atoms with Gasteiger partial charge in [0.1, 0.15) is 12.2 Å². The van der Waals surface area contributed by atoms with Crippen molar-refractivity contribution in [3.8, 4) is 0 Å². The van der Waals surface area contributed by atoms with Gasteiger partial charge < -0.3 is 14.8 Å². The lowest BCUT2D eigenvalue weighted by molar-refractivity contribution is -0.132. The highest BCUT2D eigenvalue weighted by atomic mass is 32.1. The summed E-state index contributed by atoms with van der Waals surface area (Å²) in [6.07, 6.45) is 8.08. The number of para-hydroxylation sites is 1. The zero-order valence-corrected chi connectivity index (χ0v) is 18.4. The fraction of sp³-hybridized carbons (Fsp3) is 0.435. The normalized spacial score (nSPS) is 18.5. The minimum absolute atomic E-state index is 0.112. The number of likely N-dealkylation sites (N-methyl/N-ethyl adjacent to an activating group) is 1. The zero-order chi connectivity index (χ0) is 21.3. The Balaban J connectivity index is 1.73. The van der Waals surface area contributed by atoms with Crippen LogP contribution in [0.1, 0.15) is 44.2 Å². The van der Waals surface area contributed by atoms with Gasteiger partial charge in [-0.3, -0.25) is 14.5 Å².